The molecule has 0 unspecified atom stereocenters. The smallest absolute Gasteiger partial charge is 0.272 e. The maximum atomic E-state index is 13.6. The monoisotopic (exact) mass is 254 g/mol. The van der Waals surface area contributed by atoms with Gasteiger partial charge >= 0.3 is 0 Å². The second-order valence-corrected chi connectivity index (χ2v) is 4.11. The fourth-order valence-electron chi connectivity index (χ4n) is 1.89. The predicted molar refractivity (Wildman–Crippen MR) is 59.6 cm³/mol. The van der Waals surface area contributed by atoms with Crippen LogP contribution in [-0.2, 0) is 0 Å². The lowest BCUT2D eigenvalue weighted by Gasteiger charge is -2.15. The molecule has 0 saturated carbocycles. The molecule has 1 aliphatic heterocycles. The summed E-state index contributed by atoms with van der Waals surface area (Å²) in [5, 5.41) is 19.7. The molecule has 1 heterocycles. The fraction of sp³-hybridized carbons (Fsp3) is 0.364. The third kappa shape index (κ3) is 2.30. The van der Waals surface area contributed by atoms with E-state index in [1.807, 2.05) is 0 Å². The van der Waals surface area contributed by atoms with Crippen LogP contribution in [0.1, 0.15) is 16.8 Å². The number of carbonyl (C=O) groups excluding carboxylic acids is 1. The Morgan fingerprint density at radius 3 is 2.78 bits per heavy atom. The van der Waals surface area contributed by atoms with Crippen LogP contribution in [0.2, 0.25) is 0 Å². The van der Waals surface area contributed by atoms with E-state index in [1.54, 1.807) is 0 Å². The molecule has 96 valence electrons. The Balaban J connectivity index is 2.23. The zero-order valence-corrected chi connectivity index (χ0v) is 9.38. The lowest BCUT2D eigenvalue weighted by Crippen LogP contribution is -2.30. The SMILES string of the molecule is O=C(c1ccc([N+](=O)[O-])cc1F)N1CC[C@@H](O)C1. The minimum Gasteiger partial charge on any atom is -0.391 e. The maximum Gasteiger partial charge on any atom is 0.272 e. The van der Waals surface area contributed by atoms with E-state index in [2.05, 4.69) is 0 Å². The van der Waals surface area contributed by atoms with E-state index in [-0.39, 0.29) is 12.1 Å². The molecule has 1 aromatic rings. The van der Waals surface area contributed by atoms with Crippen LogP contribution in [0, 0.1) is 15.9 Å². The van der Waals surface area contributed by atoms with Crippen molar-refractivity contribution in [1.29, 1.82) is 0 Å². The first-order valence-corrected chi connectivity index (χ1v) is 5.40. The van der Waals surface area contributed by atoms with Crippen LogP contribution in [0.5, 0.6) is 0 Å². The largest absolute Gasteiger partial charge is 0.391 e. The molecule has 1 aromatic carbocycles. The first kappa shape index (κ1) is 12.4. The van der Waals surface area contributed by atoms with Gasteiger partial charge in [0.05, 0.1) is 22.7 Å². The summed E-state index contributed by atoms with van der Waals surface area (Å²) in [6.07, 6.45) is -0.129. The van der Waals surface area contributed by atoms with Crippen LogP contribution in [0.15, 0.2) is 18.2 Å². The van der Waals surface area contributed by atoms with Gasteiger partial charge in [0.15, 0.2) is 0 Å². The molecule has 1 fully saturated rings. The van der Waals surface area contributed by atoms with E-state index in [9.17, 15) is 24.4 Å². The Morgan fingerprint density at radius 1 is 1.56 bits per heavy atom. The molecule has 6 nitrogen and oxygen atoms in total. The predicted octanol–water partition coefficient (Wildman–Crippen LogP) is 0.941. The molecule has 0 radical (unpaired) electrons. The molecule has 1 N–H and O–H groups in total. The van der Waals surface area contributed by atoms with Crippen LogP contribution < -0.4 is 0 Å². The summed E-state index contributed by atoms with van der Waals surface area (Å²) < 4.78 is 13.6. The van der Waals surface area contributed by atoms with Gasteiger partial charge in [-0.25, -0.2) is 4.39 Å². The van der Waals surface area contributed by atoms with Gasteiger partial charge < -0.3 is 10.0 Å². The minimum absolute atomic E-state index is 0.162. The van der Waals surface area contributed by atoms with Crippen molar-refractivity contribution >= 4 is 11.6 Å². The van der Waals surface area contributed by atoms with E-state index in [0.717, 1.165) is 18.2 Å². The minimum atomic E-state index is -0.921. The normalized spacial score (nSPS) is 19.0. The molecule has 1 saturated heterocycles. The second-order valence-electron chi connectivity index (χ2n) is 4.11. The quantitative estimate of drug-likeness (QED) is 0.628. The van der Waals surface area contributed by atoms with Gasteiger partial charge in [0.1, 0.15) is 5.82 Å². The van der Waals surface area contributed by atoms with Crippen molar-refractivity contribution in [3.63, 3.8) is 0 Å². The number of β-amino-alcohol motifs (C(OH)–C–C–N with tert-alkyl or cyclic N) is 1. The highest BCUT2D eigenvalue weighted by atomic mass is 19.1. The number of hydrogen-bond donors (Lipinski definition) is 1. The number of rotatable bonds is 2. The van der Waals surface area contributed by atoms with Crippen molar-refractivity contribution in [3.05, 3.63) is 39.7 Å². The highest BCUT2D eigenvalue weighted by Gasteiger charge is 2.27. The first-order chi connectivity index (χ1) is 8.49. The third-order valence-corrected chi connectivity index (χ3v) is 2.84. The summed E-state index contributed by atoms with van der Waals surface area (Å²) in [6, 6.07) is 2.91. The molecule has 1 atom stereocenters. The van der Waals surface area contributed by atoms with Gasteiger partial charge in [0.2, 0.25) is 0 Å². The number of nitrogens with zero attached hydrogens (tertiary/aromatic N) is 2. The van der Waals surface area contributed by atoms with Crippen molar-refractivity contribution < 1.29 is 19.2 Å². The van der Waals surface area contributed by atoms with E-state index in [0.29, 0.717) is 13.0 Å². The summed E-state index contributed by atoms with van der Waals surface area (Å²) >= 11 is 0. The summed E-state index contributed by atoms with van der Waals surface area (Å²) in [4.78, 5) is 22.9. The molecule has 0 aromatic heterocycles. The Kier molecular flexibility index (Phi) is 3.24. The maximum absolute atomic E-state index is 13.6. The summed E-state index contributed by atoms with van der Waals surface area (Å²) in [5.74, 6) is -1.48. The van der Waals surface area contributed by atoms with Gasteiger partial charge in [-0.15, -0.1) is 0 Å². The molecule has 0 spiro atoms. The number of aliphatic hydroxyl groups is 1. The number of hydrogen-bond acceptors (Lipinski definition) is 4. The van der Waals surface area contributed by atoms with Crippen LogP contribution in [-0.4, -0.2) is 40.0 Å². The van der Waals surface area contributed by atoms with Gasteiger partial charge in [-0.3, -0.25) is 14.9 Å². The molecular weight excluding hydrogens is 243 g/mol. The van der Waals surface area contributed by atoms with E-state index >= 15 is 0 Å². The van der Waals surface area contributed by atoms with E-state index < -0.39 is 28.4 Å². The average molecular weight is 254 g/mol. The van der Waals surface area contributed by atoms with Gasteiger partial charge in [-0.1, -0.05) is 0 Å². The van der Waals surface area contributed by atoms with Crippen molar-refractivity contribution in [2.75, 3.05) is 13.1 Å². The molecular formula is C11H11FN2O4. The fourth-order valence-corrected chi connectivity index (χ4v) is 1.89. The number of aliphatic hydroxyl groups excluding tert-OH is 1. The first-order valence-electron chi connectivity index (χ1n) is 5.40. The number of benzene rings is 1. The number of amides is 1. The standard InChI is InChI=1S/C11H11FN2O4/c12-10-5-7(14(17)18)1-2-9(10)11(16)13-4-3-8(15)6-13/h1-2,5,8,15H,3-4,6H2/t8-/m1/s1. The second kappa shape index (κ2) is 4.69. The topological polar surface area (TPSA) is 83.7 Å². The zero-order valence-electron chi connectivity index (χ0n) is 9.38. The number of non-ortho nitro benzene ring substituents is 1. The number of carbonyl (C=O) groups is 1. The van der Waals surface area contributed by atoms with Gasteiger partial charge in [-0.2, -0.15) is 0 Å². The van der Waals surface area contributed by atoms with Crippen molar-refractivity contribution in [1.82, 2.24) is 4.90 Å². The molecule has 1 aliphatic rings. The molecule has 18 heavy (non-hydrogen) atoms. The van der Waals surface area contributed by atoms with Crippen LogP contribution >= 0.6 is 0 Å². The molecule has 2 rings (SSSR count). The highest BCUT2D eigenvalue weighted by molar-refractivity contribution is 5.95. The molecule has 0 bridgehead atoms. The molecule has 1 amide bonds. The zero-order chi connectivity index (χ0) is 13.3. The molecule has 7 heteroatoms. The van der Waals surface area contributed by atoms with Crippen molar-refractivity contribution in [2.45, 2.75) is 12.5 Å². The van der Waals surface area contributed by atoms with Gasteiger partial charge in [0.25, 0.3) is 11.6 Å². The van der Waals surface area contributed by atoms with E-state index in [4.69, 9.17) is 0 Å². The van der Waals surface area contributed by atoms with Gasteiger partial charge in [0, 0.05) is 19.2 Å². The summed E-state index contributed by atoms with van der Waals surface area (Å²) in [5.41, 5.74) is -0.611. The highest BCUT2D eigenvalue weighted by Crippen LogP contribution is 2.20. The number of likely N-dealkylation sites (tertiary alicyclic amines) is 1. The van der Waals surface area contributed by atoms with E-state index in [1.165, 1.54) is 4.90 Å². The van der Waals surface area contributed by atoms with Gasteiger partial charge in [-0.05, 0) is 12.5 Å². The van der Waals surface area contributed by atoms with Crippen molar-refractivity contribution in [3.8, 4) is 0 Å². The van der Waals surface area contributed by atoms with Crippen LogP contribution in [0.3, 0.4) is 0 Å². The summed E-state index contributed by atoms with van der Waals surface area (Å²) in [6.45, 7) is 0.520. The Hall–Kier alpha value is -2.02. The number of nitro groups is 1. The van der Waals surface area contributed by atoms with Crippen molar-refractivity contribution in [2.24, 2.45) is 0 Å². The Labute approximate surface area is 102 Å². The average Bonchev–Trinajstić information content (AvgIpc) is 2.74. The number of nitro benzene ring substituents is 1. The molecule has 0 aliphatic carbocycles. The number of halogens is 1. The van der Waals surface area contributed by atoms with Crippen LogP contribution in [0.25, 0.3) is 0 Å². The third-order valence-electron chi connectivity index (χ3n) is 2.84. The Bertz CT molecular complexity index is 506. The lowest BCUT2D eigenvalue weighted by molar-refractivity contribution is -0.385. The lowest BCUT2D eigenvalue weighted by atomic mass is 10.1. The van der Waals surface area contributed by atoms with Crippen LogP contribution in [0.4, 0.5) is 10.1 Å². The summed E-state index contributed by atoms with van der Waals surface area (Å²) in [7, 11) is 0. The Morgan fingerprint density at radius 2 is 2.28 bits per heavy atom.